The highest BCUT2D eigenvalue weighted by molar-refractivity contribution is 7.90. The first kappa shape index (κ1) is 14.2. The van der Waals surface area contributed by atoms with E-state index in [-0.39, 0.29) is 12.6 Å². The highest BCUT2D eigenvalue weighted by Gasteiger charge is 2.23. The Hall–Kier alpha value is -0.910. The Kier molecular flexibility index (Phi) is 5.11. The third-order valence-electron chi connectivity index (χ3n) is 2.78. The van der Waals surface area contributed by atoms with E-state index < -0.39 is 15.3 Å². The van der Waals surface area contributed by atoms with Gasteiger partial charge in [0.1, 0.15) is 0 Å². The van der Waals surface area contributed by atoms with Gasteiger partial charge in [-0.2, -0.15) is 0 Å². The van der Waals surface area contributed by atoms with Crippen LogP contribution in [-0.2, 0) is 10.0 Å². The highest BCUT2D eigenvalue weighted by atomic mass is 32.2. The summed E-state index contributed by atoms with van der Waals surface area (Å²) in [7, 11) is -3.34. The van der Waals surface area contributed by atoms with E-state index in [2.05, 4.69) is 4.72 Å². The summed E-state index contributed by atoms with van der Waals surface area (Å²) >= 11 is 0. The van der Waals surface area contributed by atoms with Gasteiger partial charge in [-0.15, -0.1) is 0 Å². The zero-order chi connectivity index (χ0) is 12.9. The lowest BCUT2D eigenvalue weighted by molar-refractivity contribution is 0.539. The van der Waals surface area contributed by atoms with Crippen LogP contribution in [0.1, 0.15) is 31.9 Å². The van der Waals surface area contributed by atoms with E-state index in [1.165, 1.54) is 0 Å². The molecule has 0 saturated carbocycles. The van der Waals surface area contributed by atoms with Crippen LogP contribution in [0.5, 0.6) is 0 Å². The first-order valence-electron chi connectivity index (χ1n) is 5.77. The fourth-order valence-corrected chi connectivity index (χ4v) is 2.70. The van der Waals surface area contributed by atoms with Crippen LogP contribution in [0.25, 0.3) is 0 Å². The molecular formula is C12H20N2O2S. The van der Waals surface area contributed by atoms with Crippen molar-refractivity contribution >= 4 is 10.0 Å². The minimum absolute atomic E-state index is 0.126. The van der Waals surface area contributed by atoms with Crippen molar-refractivity contribution in [1.29, 1.82) is 0 Å². The molecular weight excluding hydrogens is 236 g/mol. The maximum atomic E-state index is 11.9. The molecule has 0 aliphatic rings. The lowest BCUT2D eigenvalue weighted by atomic mass is 10.1. The smallest absolute Gasteiger partial charge is 0.216 e. The molecule has 0 fully saturated rings. The van der Waals surface area contributed by atoms with Crippen LogP contribution >= 0.6 is 0 Å². The summed E-state index contributed by atoms with van der Waals surface area (Å²) in [6.45, 7) is 3.69. The van der Waals surface area contributed by atoms with E-state index in [4.69, 9.17) is 5.73 Å². The lowest BCUT2D eigenvalue weighted by Crippen LogP contribution is -2.38. The van der Waals surface area contributed by atoms with Gasteiger partial charge in [0.05, 0.1) is 5.25 Å². The number of benzene rings is 1. The molecule has 0 heterocycles. The number of rotatable bonds is 6. The molecule has 0 radical (unpaired) electrons. The molecule has 3 N–H and O–H groups in total. The van der Waals surface area contributed by atoms with Gasteiger partial charge in [0, 0.05) is 12.6 Å². The molecule has 17 heavy (non-hydrogen) atoms. The van der Waals surface area contributed by atoms with E-state index in [9.17, 15) is 8.42 Å². The topological polar surface area (TPSA) is 72.2 Å². The zero-order valence-electron chi connectivity index (χ0n) is 10.3. The summed E-state index contributed by atoms with van der Waals surface area (Å²) in [6, 6.07) is 9.37. The van der Waals surface area contributed by atoms with Crippen molar-refractivity contribution in [1.82, 2.24) is 4.72 Å². The average molecular weight is 256 g/mol. The van der Waals surface area contributed by atoms with Gasteiger partial charge in [0.25, 0.3) is 0 Å². The largest absolute Gasteiger partial charge is 0.329 e. The molecule has 2 unspecified atom stereocenters. The monoisotopic (exact) mass is 256 g/mol. The van der Waals surface area contributed by atoms with Crippen LogP contribution in [0.15, 0.2) is 30.3 Å². The Balaban J connectivity index is 2.85. The summed E-state index contributed by atoms with van der Waals surface area (Å²) in [5.41, 5.74) is 6.37. The molecule has 1 rings (SSSR count). The van der Waals surface area contributed by atoms with Crippen LogP contribution in [0.3, 0.4) is 0 Å². The number of nitrogens with one attached hydrogen (secondary N) is 1. The minimum atomic E-state index is -3.34. The van der Waals surface area contributed by atoms with Gasteiger partial charge in [-0.3, -0.25) is 0 Å². The molecule has 1 aromatic rings. The molecule has 96 valence electrons. The summed E-state index contributed by atoms with van der Waals surface area (Å²) < 4.78 is 26.5. The quantitative estimate of drug-likeness (QED) is 0.808. The van der Waals surface area contributed by atoms with Crippen molar-refractivity contribution in [2.24, 2.45) is 5.73 Å². The summed E-state index contributed by atoms with van der Waals surface area (Å²) in [4.78, 5) is 0. The predicted octanol–water partition coefficient (Wildman–Crippen LogP) is 1.40. The van der Waals surface area contributed by atoms with Crippen LogP contribution in [0.2, 0.25) is 0 Å². The summed E-state index contributed by atoms with van der Waals surface area (Å²) in [6.07, 6.45) is 0.709. The van der Waals surface area contributed by atoms with E-state index in [0.29, 0.717) is 6.42 Å². The van der Waals surface area contributed by atoms with Gasteiger partial charge in [-0.25, -0.2) is 13.1 Å². The van der Waals surface area contributed by atoms with Crippen LogP contribution in [0, 0.1) is 0 Å². The Morgan fingerprint density at radius 1 is 1.29 bits per heavy atom. The first-order valence-corrected chi connectivity index (χ1v) is 7.32. The number of hydrogen-bond donors (Lipinski definition) is 2. The molecule has 0 spiro atoms. The Bertz CT molecular complexity index is 431. The molecule has 0 amide bonds. The van der Waals surface area contributed by atoms with Crippen LogP contribution in [-0.4, -0.2) is 20.2 Å². The predicted molar refractivity (Wildman–Crippen MR) is 70.0 cm³/mol. The fraction of sp³-hybridized carbons (Fsp3) is 0.500. The van der Waals surface area contributed by atoms with E-state index in [0.717, 1.165) is 5.56 Å². The molecule has 0 aliphatic heterocycles. The fourth-order valence-electron chi connectivity index (χ4n) is 1.51. The third kappa shape index (κ3) is 3.80. The molecule has 2 atom stereocenters. The summed E-state index contributed by atoms with van der Waals surface area (Å²) in [5, 5.41) is -0.569. The van der Waals surface area contributed by atoms with Crippen LogP contribution in [0.4, 0.5) is 0 Å². The second kappa shape index (κ2) is 6.14. The van der Waals surface area contributed by atoms with Gasteiger partial charge in [-0.05, 0) is 18.9 Å². The highest BCUT2D eigenvalue weighted by Crippen LogP contribution is 2.17. The average Bonchev–Trinajstić information content (AvgIpc) is 2.36. The van der Waals surface area contributed by atoms with Crippen molar-refractivity contribution < 1.29 is 8.42 Å². The van der Waals surface area contributed by atoms with Crippen molar-refractivity contribution in [3.8, 4) is 0 Å². The second-order valence-electron chi connectivity index (χ2n) is 4.08. The second-order valence-corrected chi connectivity index (χ2v) is 6.21. The molecule has 0 aliphatic carbocycles. The van der Waals surface area contributed by atoms with Gasteiger partial charge in [0.2, 0.25) is 10.0 Å². The standard InChI is InChI=1S/C12H20N2O2S/c1-3-12(11-7-5-4-6-8-11)14-17(15,16)10(2)9-13/h4-8,10,12,14H,3,9,13H2,1-2H3. The van der Waals surface area contributed by atoms with Gasteiger partial charge in [-0.1, -0.05) is 37.3 Å². The normalized spacial score (nSPS) is 15.5. The maximum absolute atomic E-state index is 11.9. The molecule has 4 nitrogen and oxygen atoms in total. The van der Waals surface area contributed by atoms with Crippen molar-refractivity contribution in [3.63, 3.8) is 0 Å². The maximum Gasteiger partial charge on any atom is 0.216 e. The number of hydrogen-bond acceptors (Lipinski definition) is 3. The third-order valence-corrected chi connectivity index (χ3v) is 4.64. The SMILES string of the molecule is CCC(NS(=O)(=O)C(C)CN)c1ccccc1. The lowest BCUT2D eigenvalue weighted by Gasteiger charge is -2.20. The summed E-state index contributed by atoms with van der Waals surface area (Å²) in [5.74, 6) is 0. The van der Waals surface area contributed by atoms with Crippen LogP contribution < -0.4 is 10.5 Å². The van der Waals surface area contributed by atoms with E-state index in [1.54, 1.807) is 6.92 Å². The molecule has 1 aromatic carbocycles. The Morgan fingerprint density at radius 3 is 2.35 bits per heavy atom. The Labute approximate surface area is 103 Å². The molecule has 0 bridgehead atoms. The number of nitrogens with two attached hydrogens (primary N) is 1. The van der Waals surface area contributed by atoms with Gasteiger partial charge < -0.3 is 5.73 Å². The molecule has 0 saturated heterocycles. The van der Waals surface area contributed by atoms with Crippen molar-refractivity contribution in [2.45, 2.75) is 31.6 Å². The zero-order valence-corrected chi connectivity index (χ0v) is 11.1. The van der Waals surface area contributed by atoms with Gasteiger partial charge in [0.15, 0.2) is 0 Å². The molecule has 5 heteroatoms. The van der Waals surface area contributed by atoms with Crippen molar-refractivity contribution in [3.05, 3.63) is 35.9 Å². The van der Waals surface area contributed by atoms with Crippen molar-refractivity contribution in [2.75, 3.05) is 6.54 Å². The van der Waals surface area contributed by atoms with E-state index >= 15 is 0 Å². The molecule has 0 aromatic heterocycles. The Morgan fingerprint density at radius 2 is 1.88 bits per heavy atom. The number of sulfonamides is 1. The van der Waals surface area contributed by atoms with Gasteiger partial charge >= 0.3 is 0 Å². The van der Waals surface area contributed by atoms with E-state index in [1.807, 2.05) is 37.3 Å². The minimum Gasteiger partial charge on any atom is -0.329 e. The first-order chi connectivity index (χ1) is 8.01.